The summed E-state index contributed by atoms with van der Waals surface area (Å²) in [5.41, 5.74) is 6.30. The zero-order chi connectivity index (χ0) is 18.4. The highest BCUT2D eigenvalue weighted by molar-refractivity contribution is 6.30. The number of fused-ring (bicyclic) bond motifs is 2. The van der Waals surface area contributed by atoms with Gasteiger partial charge in [0.1, 0.15) is 5.76 Å². The lowest BCUT2D eigenvalue weighted by Gasteiger charge is -2.25. The van der Waals surface area contributed by atoms with E-state index in [2.05, 4.69) is 32.0 Å². The Morgan fingerprint density at radius 1 is 0.962 bits per heavy atom. The first-order valence-electron chi connectivity index (χ1n) is 9.19. The number of aryl methyl sites for hydroxylation is 2. The van der Waals surface area contributed by atoms with Crippen LogP contribution in [0.2, 0.25) is 5.02 Å². The topological polar surface area (TPSA) is 26.3 Å². The summed E-state index contributed by atoms with van der Waals surface area (Å²) in [5.74, 6) is 1.69. The zero-order valence-electron chi connectivity index (χ0n) is 15.4. The van der Waals surface area contributed by atoms with Gasteiger partial charge in [0.2, 0.25) is 0 Å². The fourth-order valence-corrected chi connectivity index (χ4v) is 4.76. The van der Waals surface area contributed by atoms with Gasteiger partial charge in [-0.15, -0.1) is 0 Å². The van der Waals surface area contributed by atoms with Crippen molar-refractivity contribution in [1.29, 1.82) is 0 Å². The molecule has 3 heteroatoms. The minimum Gasteiger partial charge on any atom is -0.500 e. The summed E-state index contributed by atoms with van der Waals surface area (Å²) in [6.45, 7) is 4.13. The van der Waals surface area contributed by atoms with Crippen molar-refractivity contribution in [2.24, 2.45) is 11.8 Å². The average molecular weight is 367 g/mol. The van der Waals surface area contributed by atoms with Crippen molar-refractivity contribution in [3.63, 3.8) is 0 Å². The third-order valence-corrected chi connectivity index (χ3v) is 6.13. The molecule has 2 aliphatic carbocycles. The van der Waals surface area contributed by atoms with Gasteiger partial charge in [0, 0.05) is 16.9 Å². The number of carbonyl (C=O) groups is 1. The van der Waals surface area contributed by atoms with E-state index in [1.807, 2.05) is 18.2 Å². The lowest BCUT2D eigenvalue weighted by molar-refractivity contribution is -0.117. The first-order valence-corrected chi connectivity index (χ1v) is 9.57. The summed E-state index contributed by atoms with van der Waals surface area (Å²) in [4.78, 5) is 13.1. The smallest absolute Gasteiger partial charge is 0.169 e. The molecule has 2 unspecified atom stereocenters. The van der Waals surface area contributed by atoms with Crippen LogP contribution in [0.1, 0.15) is 36.0 Å². The number of carbonyl (C=O) groups excluding carboxylic acids is 1. The van der Waals surface area contributed by atoms with E-state index < -0.39 is 0 Å². The van der Waals surface area contributed by atoms with Crippen LogP contribution in [0, 0.1) is 25.7 Å². The Labute approximate surface area is 159 Å². The van der Waals surface area contributed by atoms with E-state index in [4.69, 9.17) is 16.3 Å². The Bertz CT molecular complexity index is 926. The Morgan fingerprint density at radius 2 is 1.73 bits per heavy atom. The van der Waals surface area contributed by atoms with Gasteiger partial charge in [0.15, 0.2) is 5.78 Å². The molecule has 26 heavy (non-hydrogen) atoms. The fourth-order valence-electron chi connectivity index (χ4n) is 4.53. The van der Waals surface area contributed by atoms with E-state index in [-0.39, 0.29) is 11.7 Å². The molecule has 2 aliphatic rings. The van der Waals surface area contributed by atoms with Crippen molar-refractivity contribution < 1.29 is 9.53 Å². The predicted molar refractivity (Wildman–Crippen MR) is 106 cm³/mol. The molecule has 4 rings (SSSR count). The van der Waals surface area contributed by atoms with Crippen LogP contribution in [0.3, 0.4) is 0 Å². The second kappa shape index (κ2) is 6.59. The molecular weight excluding hydrogens is 344 g/mol. The van der Waals surface area contributed by atoms with Crippen molar-refractivity contribution in [2.75, 3.05) is 7.11 Å². The maximum Gasteiger partial charge on any atom is 0.169 e. The molecule has 0 amide bonds. The van der Waals surface area contributed by atoms with Crippen LogP contribution in [0.15, 0.2) is 42.2 Å². The molecule has 0 spiro atoms. The maximum absolute atomic E-state index is 13.1. The van der Waals surface area contributed by atoms with E-state index >= 15 is 0 Å². The Hall–Kier alpha value is -2.06. The van der Waals surface area contributed by atoms with E-state index in [1.54, 1.807) is 7.11 Å². The van der Waals surface area contributed by atoms with Gasteiger partial charge in [-0.3, -0.25) is 4.79 Å². The summed E-state index contributed by atoms with van der Waals surface area (Å²) in [6.07, 6.45) is 2.98. The van der Waals surface area contributed by atoms with Gasteiger partial charge in [-0.05, 0) is 79.1 Å². The summed E-state index contributed by atoms with van der Waals surface area (Å²) in [7, 11) is 1.70. The van der Waals surface area contributed by atoms with Crippen LogP contribution in [-0.2, 0) is 9.53 Å². The summed E-state index contributed by atoms with van der Waals surface area (Å²) < 4.78 is 5.74. The van der Waals surface area contributed by atoms with Gasteiger partial charge in [0.25, 0.3) is 0 Å². The Morgan fingerprint density at radius 3 is 2.46 bits per heavy atom. The molecule has 2 bridgehead atoms. The lowest BCUT2D eigenvalue weighted by Crippen LogP contribution is -2.22. The number of benzene rings is 2. The predicted octanol–water partition coefficient (Wildman–Crippen LogP) is 5.98. The average Bonchev–Trinajstić information content (AvgIpc) is 3.05. The van der Waals surface area contributed by atoms with Crippen molar-refractivity contribution in [1.82, 2.24) is 0 Å². The van der Waals surface area contributed by atoms with Gasteiger partial charge in [0.05, 0.1) is 12.7 Å². The lowest BCUT2D eigenvalue weighted by atomic mass is 9.81. The first kappa shape index (κ1) is 17.4. The minimum absolute atomic E-state index is 0.161. The molecule has 0 aromatic heterocycles. The second-order valence-corrected chi connectivity index (χ2v) is 7.94. The Kier molecular flexibility index (Phi) is 4.40. The molecule has 2 atom stereocenters. The number of methoxy groups -OCH3 is 1. The highest BCUT2D eigenvalue weighted by Gasteiger charge is 2.42. The standard InChI is InChI=1S/C23H23ClO2/c1-13-4-5-15(19-9-8-18(24)10-14(19)2)12-20(13)21-22(25)16-6-7-17(11-16)23(21)26-3/h4-5,8-10,12,16-17H,6-7,11H2,1-3H3. The van der Waals surface area contributed by atoms with E-state index in [0.717, 1.165) is 63.4 Å². The molecule has 2 aromatic rings. The highest BCUT2D eigenvalue weighted by atomic mass is 35.5. The van der Waals surface area contributed by atoms with Crippen molar-refractivity contribution >= 4 is 23.0 Å². The number of ketones is 1. The fraction of sp³-hybridized carbons (Fsp3) is 0.348. The Balaban J connectivity index is 1.88. The summed E-state index contributed by atoms with van der Waals surface area (Å²) in [6, 6.07) is 12.3. The van der Waals surface area contributed by atoms with E-state index in [9.17, 15) is 4.79 Å². The number of ether oxygens (including phenoxy) is 1. The molecule has 1 fully saturated rings. The first-order chi connectivity index (χ1) is 12.5. The van der Waals surface area contributed by atoms with Crippen LogP contribution in [0.4, 0.5) is 0 Å². The molecule has 2 nitrogen and oxygen atoms in total. The van der Waals surface area contributed by atoms with Gasteiger partial charge >= 0.3 is 0 Å². The van der Waals surface area contributed by atoms with E-state index in [1.165, 1.54) is 0 Å². The van der Waals surface area contributed by atoms with Crippen LogP contribution in [0.25, 0.3) is 16.7 Å². The number of hydrogen-bond acceptors (Lipinski definition) is 2. The molecule has 0 aliphatic heterocycles. The van der Waals surface area contributed by atoms with Crippen LogP contribution in [-0.4, -0.2) is 12.9 Å². The molecule has 0 saturated heterocycles. The molecule has 0 heterocycles. The second-order valence-electron chi connectivity index (χ2n) is 7.50. The number of Topliss-reactive ketones (excluding diaryl/α,β-unsaturated/α-hetero) is 1. The van der Waals surface area contributed by atoms with Gasteiger partial charge < -0.3 is 4.74 Å². The number of halogens is 1. The van der Waals surface area contributed by atoms with Crippen LogP contribution in [0.5, 0.6) is 0 Å². The normalized spacial score (nSPS) is 22.1. The van der Waals surface area contributed by atoms with Crippen LogP contribution < -0.4 is 0 Å². The third kappa shape index (κ3) is 2.77. The largest absolute Gasteiger partial charge is 0.500 e. The number of allylic oxidation sites excluding steroid dienone is 2. The van der Waals surface area contributed by atoms with Gasteiger partial charge in [-0.1, -0.05) is 29.8 Å². The maximum atomic E-state index is 13.1. The van der Waals surface area contributed by atoms with Crippen molar-refractivity contribution in [3.8, 4) is 11.1 Å². The zero-order valence-corrected chi connectivity index (χ0v) is 16.2. The number of hydrogen-bond donors (Lipinski definition) is 0. The minimum atomic E-state index is 0.161. The van der Waals surface area contributed by atoms with Crippen molar-refractivity contribution in [3.05, 3.63) is 63.9 Å². The molecule has 0 N–H and O–H groups in total. The van der Waals surface area contributed by atoms with E-state index in [0.29, 0.717) is 5.92 Å². The quantitative estimate of drug-likeness (QED) is 0.667. The van der Waals surface area contributed by atoms with Crippen LogP contribution >= 0.6 is 11.6 Å². The van der Waals surface area contributed by atoms with Gasteiger partial charge in [-0.2, -0.15) is 0 Å². The molecule has 134 valence electrons. The third-order valence-electron chi connectivity index (χ3n) is 5.89. The molecular formula is C23H23ClO2. The van der Waals surface area contributed by atoms with Gasteiger partial charge in [-0.25, -0.2) is 0 Å². The summed E-state index contributed by atoms with van der Waals surface area (Å²) in [5, 5.41) is 0.738. The molecule has 0 radical (unpaired) electrons. The highest BCUT2D eigenvalue weighted by Crippen LogP contribution is 2.47. The molecule has 1 saturated carbocycles. The monoisotopic (exact) mass is 366 g/mol. The SMILES string of the molecule is COC1=C(c2cc(-c3ccc(Cl)cc3C)ccc2C)C(=O)C2CCC1C2. The number of rotatable bonds is 3. The molecule has 2 aromatic carbocycles. The summed E-state index contributed by atoms with van der Waals surface area (Å²) >= 11 is 6.11. The van der Waals surface area contributed by atoms with Crippen molar-refractivity contribution in [2.45, 2.75) is 33.1 Å².